The third-order valence-electron chi connectivity index (χ3n) is 4.59. The van der Waals surface area contributed by atoms with Crippen LogP contribution in [0.15, 0.2) is 36.8 Å². The van der Waals surface area contributed by atoms with Crippen molar-refractivity contribution in [2.24, 2.45) is 5.92 Å². The largest absolute Gasteiger partial charge is 0.481 e. The number of pyridine rings is 1. The van der Waals surface area contributed by atoms with Crippen LogP contribution < -0.4 is 10.2 Å². The third kappa shape index (κ3) is 4.45. The highest BCUT2D eigenvalue weighted by Gasteiger charge is 2.15. The number of fused-ring (bicyclic) bond motifs is 1. The van der Waals surface area contributed by atoms with Gasteiger partial charge in [0.05, 0.1) is 12.1 Å². The molecule has 0 saturated carbocycles. The van der Waals surface area contributed by atoms with Crippen LogP contribution in [0.5, 0.6) is 0 Å². The molecule has 0 unspecified atom stereocenters. The van der Waals surface area contributed by atoms with Gasteiger partial charge in [-0.15, -0.1) is 0 Å². The number of piperazine rings is 1. The Balaban J connectivity index is 0.000000330. The summed E-state index contributed by atoms with van der Waals surface area (Å²) in [5.74, 6) is 0.0392. The molecule has 0 radical (unpaired) electrons. The molecular weight excluding hydrogens is 356 g/mol. The van der Waals surface area contributed by atoms with E-state index in [1.807, 2.05) is 42.2 Å². The van der Waals surface area contributed by atoms with Crippen molar-refractivity contribution < 1.29 is 9.90 Å². The van der Waals surface area contributed by atoms with Crippen LogP contribution in [0, 0.1) is 12.8 Å². The summed E-state index contributed by atoms with van der Waals surface area (Å²) in [6.07, 6.45) is 5.66. The number of aliphatic carboxylic acids is 1. The highest BCUT2D eigenvalue weighted by Crippen LogP contribution is 2.26. The zero-order valence-corrected chi connectivity index (χ0v) is 16.5. The quantitative estimate of drug-likeness (QED) is 0.717. The van der Waals surface area contributed by atoms with Gasteiger partial charge in [0, 0.05) is 55.4 Å². The van der Waals surface area contributed by atoms with E-state index in [-0.39, 0.29) is 5.92 Å². The van der Waals surface area contributed by atoms with E-state index in [0.29, 0.717) is 0 Å². The standard InChI is InChI=1S/C16H18N6.C4H8O2/c1-12-13(3-2-5-18-12)14-11-19-22-8-4-15(20-16(14)22)21-9-6-17-7-10-21;1-3(2)4(5)6/h2-5,8,11,17H,6-7,9-10H2,1H3;3H,1-2H3,(H,5,6). The number of rotatable bonds is 3. The molecule has 1 aliphatic heterocycles. The summed E-state index contributed by atoms with van der Waals surface area (Å²) in [7, 11) is 0. The Morgan fingerprint density at radius 3 is 2.57 bits per heavy atom. The molecule has 1 saturated heterocycles. The fraction of sp³-hybridized carbons (Fsp3) is 0.400. The van der Waals surface area contributed by atoms with E-state index in [1.165, 1.54) is 0 Å². The monoisotopic (exact) mass is 382 g/mol. The van der Waals surface area contributed by atoms with Gasteiger partial charge >= 0.3 is 5.97 Å². The van der Waals surface area contributed by atoms with E-state index in [1.54, 1.807) is 13.8 Å². The molecule has 0 spiro atoms. The highest BCUT2D eigenvalue weighted by molar-refractivity contribution is 5.79. The fourth-order valence-corrected chi connectivity index (χ4v) is 2.89. The van der Waals surface area contributed by atoms with Gasteiger partial charge < -0.3 is 15.3 Å². The van der Waals surface area contributed by atoms with Crippen LogP contribution in [0.4, 0.5) is 5.82 Å². The van der Waals surface area contributed by atoms with Gasteiger partial charge in [0.15, 0.2) is 5.65 Å². The number of nitrogens with zero attached hydrogens (tertiary/aromatic N) is 5. The number of aromatic nitrogens is 4. The number of aryl methyl sites for hydroxylation is 1. The Labute approximate surface area is 164 Å². The lowest BCUT2D eigenvalue weighted by Gasteiger charge is -2.28. The van der Waals surface area contributed by atoms with Crippen LogP contribution in [0.3, 0.4) is 0 Å². The maximum Gasteiger partial charge on any atom is 0.305 e. The van der Waals surface area contributed by atoms with E-state index >= 15 is 0 Å². The topological polar surface area (TPSA) is 95.6 Å². The van der Waals surface area contributed by atoms with Crippen LogP contribution in [0.1, 0.15) is 19.5 Å². The molecule has 0 bridgehead atoms. The molecule has 0 atom stereocenters. The first kappa shape index (κ1) is 19.8. The molecular formula is C20H26N6O2. The van der Waals surface area contributed by atoms with Gasteiger partial charge in [0.1, 0.15) is 5.82 Å². The summed E-state index contributed by atoms with van der Waals surface area (Å²) >= 11 is 0. The molecule has 0 aromatic carbocycles. The molecule has 4 heterocycles. The summed E-state index contributed by atoms with van der Waals surface area (Å²) in [6, 6.07) is 6.05. The van der Waals surface area contributed by atoms with Crippen LogP contribution in [0.25, 0.3) is 16.8 Å². The Morgan fingerprint density at radius 1 is 1.21 bits per heavy atom. The molecule has 8 heteroatoms. The van der Waals surface area contributed by atoms with Gasteiger partial charge in [-0.25, -0.2) is 9.50 Å². The van der Waals surface area contributed by atoms with E-state index < -0.39 is 5.97 Å². The van der Waals surface area contributed by atoms with Gasteiger partial charge in [-0.1, -0.05) is 19.9 Å². The Morgan fingerprint density at radius 2 is 1.93 bits per heavy atom. The third-order valence-corrected chi connectivity index (χ3v) is 4.59. The molecule has 1 fully saturated rings. The van der Waals surface area contributed by atoms with E-state index in [0.717, 1.165) is 54.5 Å². The molecule has 4 rings (SSSR count). The maximum atomic E-state index is 9.70. The minimum atomic E-state index is -0.741. The Bertz CT molecular complexity index is 947. The van der Waals surface area contributed by atoms with Gasteiger partial charge in [-0.2, -0.15) is 5.10 Å². The second-order valence-electron chi connectivity index (χ2n) is 6.98. The first-order chi connectivity index (χ1) is 13.5. The van der Waals surface area contributed by atoms with Crippen molar-refractivity contribution >= 4 is 17.4 Å². The second-order valence-corrected chi connectivity index (χ2v) is 6.98. The predicted octanol–water partition coefficient (Wildman–Crippen LogP) is 2.24. The minimum Gasteiger partial charge on any atom is -0.481 e. The van der Waals surface area contributed by atoms with Crippen molar-refractivity contribution in [2.45, 2.75) is 20.8 Å². The number of hydrogen-bond donors (Lipinski definition) is 2. The van der Waals surface area contributed by atoms with Crippen LogP contribution >= 0.6 is 0 Å². The minimum absolute atomic E-state index is 0.231. The van der Waals surface area contributed by atoms with Gasteiger partial charge in [-0.3, -0.25) is 9.78 Å². The lowest BCUT2D eigenvalue weighted by molar-refractivity contribution is -0.140. The number of nitrogens with one attached hydrogen (secondary N) is 1. The Hall–Kier alpha value is -3.00. The molecule has 148 valence electrons. The van der Waals surface area contributed by atoms with Crippen LogP contribution in [-0.2, 0) is 4.79 Å². The maximum absolute atomic E-state index is 9.70. The number of carboxylic acids is 1. The number of carboxylic acid groups (broad SMARTS) is 1. The number of hydrogen-bond acceptors (Lipinski definition) is 6. The first-order valence-electron chi connectivity index (χ1n) is 9.42. The molecule has 3 aromatic heterocycles. The molecule has 2 N–H and O–H groups in total. The smallest absolute Gasteiger partial charge is 0.305 e. The lowest BCUT2D eigenvalue weighted by atomic mass is 10.1. The van der Waals surface area contributed by atoms with Gasteiger partial charge in [-0.05, 0) is 19.1 Å². The van der Waals surface area contributed by atoms with E-state index in [2.05, 4.69) is 26.4 Å². The molecule has 8 nitrogen and oxygen atoms in total. The predicted molar refractivity (Wildman–Crippen MR) is 109 cm³/mol. The van der Waals surface area contributed by atoms with E-state index in [9.17, 15) is 4.79 Å². The highest BCUT2D eigenvalue weighted by atomic mass is 16.4. The van der Waals surface area contributed by atoms with Crippen molar-refractivity contribution in [1.82, 2.24) is 24.9 Å². The van der Waals surface area contributed by atoms with Crippen LogP contribution in [-0.4, -0.2) is 56.8 Å². The van der Waals surface area contributed by atoms with Crippen molar-refractivity contribution in [3.8, 4) is 11.1 Å². The molecule has 1 aliphatic rings. The Kier molecular flexibility index (Phi) is 6.20. The van der Waals surface area contributed by atoms with Crippen molar-refractivity contribution in [3.05, 3.63) is 42.5 Å². The molecule has 0 aliphatic carbocycles. The molecule has 28 heavy (non-hydrogen) atoms. The van der Waals surface area contributed by atoms with Crippen molar-refractivity contribution in [1.29, 1.82) is 0 Å². The summed E-state index contributed by atoms with van der Waals surface area (Å²) < 4.78 is 1.83. The fourth-order valence-electron chi connectivity index (χ4n) is 2.89. The summed E-state index contributed by atoms with van der Waals surface area (Å²) in [6.45, 7) is 9.27. The van der Waals surface area contributed by atoms with Gasteiger partial charge in [0.2, 0.25) is 0 Å². The van der Waals surface area contributed by atoms with Crippen molar-refractivity contribution in [2.75, 3.05) is 31.1 Å². The number of anilines is 1. The molecule has 0 amide bonds. The SMILES string of the molecule is CC(C)C(=O)O.Cc1ncccc1-c1cnn2ccc(N3CCNCC3)nc12. The normalized spacial score (nSPS) is 14.1. The summed E-state index contributed by atoms with van der Waals surface area (Å²) in [4.78, 5) is 21.2. The molecule has 3 aromatic rings. The first-order valence-corrected chi connectivity index (χ1v) is 9.42. The lowest BCUT2D eigenvalue weighted by Crippen LogP contribution is -2.43. The summed E-state index contributed by atoms with van der Waals surface area (Å²) in [5, 5.41) is 15.8. The van der Waals surface area contributed by atoms with E-state index in [4.69, 9.17) is 10.1 Å². The van der Waals surface area contributed by atoms with Gasteiger partial charge in [0.25, 0.3) is 0 Å². The van der Waals surface area contributed by atoms with Crippen molar-refractivity contribution in [3.63, 3.8) is 0 Å². The number of carbonyl (C=O) groups is 1. The summed E-state index contributed by atoms with van der Waals surface area (Å²) in [5.41, 5.74) is 3.99. The average molecular weight is 382 g/mol. The average Bonchev–Trinajstić information content (AvgIpc) is 3.12. The zero-order chi connectivity index (χ0) is 20.1. The zero-order valence-electron chi connectivity index (χ0n) is 16.5. The van der Waals surface area contributed by atoms with Crippen LogP contribution in [0.2, 0.25) is 0 Å². The second kappa shape index (κ2) is 8.79.